The lowest BCUT2D eigenvalue weighted by Gasteiger charge is -2.22. The number of ether oxygens (including phenoxy) is 1. The number of alkyl halides is 3. The number of likely N-dealkylation sites (tertiary alicyclic amines) is 1. The third-order valence-electron chi connectivity index (χ3n) is 3.53. The molecule has 1 rings (SSSR count). The first-order chi connectivity index (χ1) is 10.8. The van der Waals surface area contributed by atoms with Crippen LogP contribution in [0.25, 0.3) is 0 Å². The summed E-state index contributed by atoms with van der Waals surface area (Å²) >= 11 is 0. The van der Waals surface area contributed by atoms with Crippen LogP contribution in [0.3, 0.4) is 0 Å². The van der Waals surface area contributed by atoms with Crippen LogP contribution in [-0.2, 0) is 9.53 Å². The van der Waals surface area contributed by atoms with Crippen LogP contribution in [0.15, 0.2) is 4.99 Å². The summed E-state index contributed by atoms with van der Waals surface area (Å²) in [5, 5.41) is 3.07. The number of nitrogens with one attached hydrogen (secondary N) is 1. The largest absolute Gasteiger partial charge is 0.406 e. The molecule has 1 unspecified atom stereocenters. The lowest BCUT2D eigenvalue weighted by atomic mass is 10.1. The molecule has 0 radical (unpaired) electrons. The van der Waals surface area contributed by atoms with Crippen molar-refractivity contribution in [2.24, 2.45) is 10.9 Å². The molecular weight excluding hydrogens is 313 g/mol. The van der Waals surface area contributed by atoms with Crippen LogP contribution >= 0.6 is 0 Å². The molecule has 0 aromatic carbocycles. The number of hydrogen-bond donors (Lipinski definition) is 1. The van der Waals surface area contributed by atoms with E-state index < -0.39 is 18.6 Å². The molecule has 0 aromatic heterocycles. The molecule has 1 atom stereocenters. The zero-order valence-electron chi connectivity index (χ0n) is 13.8. The third-order valence-corrected chi connectivity index (χ3v) is 3.53. The number of halogens is 3. The molecule has 0 aromatic rings. The van der Waals surface area contributed by atoms with Crippen LogP contribution in [0.2, 0.25) is 0 Å². The van der Waals surface area contributed by atoms with Crippen molar-refractivity contribution in [1.82, 2.24) is 15.1 Å². The van der Waals surface area contributed by atoms with E-state index in [1.165, 1.54) is 0 Å². The maximum atomic E-state index is 12.3. The van der Waals surface area contributed by atoms with Gasteiger partial charge in [-0.1, -0.05) is 0 Å². The van der Waals surface area contributed by atoms with Crippen molar-refractivity contribution in [2.75, 3.05) is 53.5 Å². The highest BCUT2D eigenvalue weighted by molar-refractivity contribution is 5.85. The van der Waals surface area contributed by atoms with E-state index in [2.05, 4.69) is 10.3 Å². The molecule has 1 fully saturated rings. The first-order valence-corrected chi connectivity index (χ1v) is 7.59. The van der Waals surface area contributed by atoms with Gasteiger partial charge >= 0.3 is 6.18 Å². The number of likely N-dealkylation sites (N-methyl/N-ethyl adjacent to an activating group) is 1. The minimum atomic E-state index is -4.40. The Balaban J connectivity index is 2.60. The molecule has 0 spiro atoms. The monoisotopic (exact) mass is 338 g/mol. The number of carbonyl (C=O) groups is 1. The Morgan fingerprint density at radius 2 is 2.17 bits per heavy atom. The second-order valence-corrected chi connectivity index (χ2v) is 5.59. The Hall–Kier alpha value is -1.51. The van der Waals surface area contributed by atoms with Gasteiger partial charge in [-0.3, -0.25) is 4.79 Å². The first-order valence-electron chi connectivity index (χ1n) is 7.59. The van der Waals surface area contributed by atoms with E-state index in [1.54, 1.807) is 7.11 Å². The molecule has 134 valence electrons. The van der Waals surface area contributed by atoms with Gasteiger partial charge in [-0.15, -0.1) is 0 Å². The fourth-order valence-electron chi connectivity index (χ4n) is 2.44. The Bertz CT molecular complexity index is 415. The van der Waals surface area contributed by atoms with Crippen LogP contribution in [0, 0.1) is 5.92 Å². The van der Waals surface area contributed by atoms with Crippen LogP contribution in [0.1, 0.15) is 13.3 Å². The molecule has 1 amide bonds. The number of nitrogens with zero attached hydrogens (tertiary/aromatic N) is 3. The van der Waals surface area contributed by atoms with Gasteiger partial charge in [0, 0.05) is 39.7 Å². The second kappa shape index (κ2) is 8.95. The number of rotatable bonds is 6. The maximum Gasteiger partial charge on any atom is 0.406 e. The quantitative estimate of drug-likeness (QED) is 0.579. The summed E-state index contributed by atoms with van der Waals surface area (Å²) in [6.07, 6.45) is -3.44. The van der Waals surface area contributed by atoms with Crippen LogP contribution in [0.5, 0.6) is 0 Å². The molecule has 23 heavy (non-hydrogen) atoms. The van der Waals surface area contributed by atoms with Crippen LogP contribution in [-0.4, -0.2) is 81.3 Å². The predicted octanol–water partition coefficient (Wildman–Crippen LogP) is 0.941. The molecule has 0 bridgehead atoms. The van der Waals surface area contributed by atoms with Gasteiger partial charge in [0.2, 0.25) is 5.91 Å². The molecule has 1 aliphatic rings. The van der Waals surface area contributed by atoms with Crippen molar-refractivity contribution in [2.45, 2.75) is 19.5 Å². The Kier molecular flexibility index (Phi) is 7.60. The Morgan fingerprint density at radius 1 is 1.48 bits per heavy atom. The number of carbonyl (C=O) groups excluding carboxylic acids is 1. The summed E-state index contributed by atoms with van der Waals surface area (Å²) in [7, 11) is 2.78. The fraction of sp³-hybridized carbons (Fsp3) is 0.857. The number of hydrogen-bond acceptors (Lipinski definition) is 3. The molecule has 0 saturated carbocycles. The second-order valence-electron chi connectivity index (χ2n) is 5.59. The van der Waals surface area contributed by atoms with E-state index in [-0.39, 0.29) is 6.54 Å². The predicted molar refractivity (Wildman–Crippen MR) is 81.2 cm³/mol. The SMILES string of the molecule is CCNC(=NCC(=O)N(C)CC(F)(F)F)N1CCC(COC)C1. The summed E-state index contributed by atoms with van der Waals surface area (Å²) in [4.78, 5) is 18.6. The van der Waals surface area contributed by atoms with Gasteiger partial charge in [-0.25, -0.2) is 4.99 Å². The lowest BCUT2D eigenvalue weighted by Crippen LogP contribution is -2.42. The average molecular weight is 338 g/mol. The van der Waals surface area contributed by atoms with Gasteiger partial charge in [0.1, 0.15) is 13.1 Å². The van der Waals surface area contributed by atoms with Crippen LogP contribution < -0.4 is 5.32 Å². The van der Waals surface area contributed by atoms with Crippen molar-refractivity contribution < 1.29 is 22.7 Å². The topological polar surface area (TPSA) is 57.2 Å². The van der Waals surface area contributed by atoms with Crippen molar-refractivity contribution in [3.05, 3.63) is 0 Å². The van der Waals surface area contributed by atoms with Crippen molar-refractivity contribution >= 4 is 11.9 Å². The van der Waals surface area contributed by atoms with Gasteiger partial charge < -0.3 is 19.9 Å². The smallest absolute Gasteiger partial charge is 0.384 e. The van der Waals surface area contributed by atoms with E-state index >= 15 is 0 Å². The number of methoxy groups -OCH3 is 1. The molecule has 1 aliphatic heterocycles. The highest BCUT2D eigenvalue weighted by Crippen LogP contribution is 2.17. The molecule has 9 heteroatoms. The standard InChI is InChI=1S/C14H25F3N4O2/c1-4-18-13(21-6-5-11(8-21)9-23-3)19-7-12(22)20(2)10-14(15,16)17/h11H,4-10H2,1-3H3,(H,18,19). The van der Waals surface area contributed by atoms with Gasteiger partial charge in [-0.2, -0.15) is 13.2 Å². The number of amides is 1. The molecule has 1 N–H and O–H groups in total. The molecule has 1 heterocycles. The van der Waals surface area contributed by atoms with E-state index in [4.69, 9.17) is 4.74 Å². The van der Waals surface area contributed by atoms with Crippen LogP contribution in [0.4, 0.5) is 13.2 Å². The normalized spacial score (nSPS) is 19.1. The van der Waals surface area contributed by atoms with Crippen molar-refractivity contribution in [1.29, 1.82) is 0 Å². The van der Waals surface area contributed by atoms with E-state index in [9.17, 15) is 18.0 Å². The van der Waals surface area contributed by atoms with E-state index in [0.29, 0.717) is 29.9 Å². The third kappa shape index (κ3) is 7.06. The minimum absolute atomic E-state index is 0.305. The zero-order chi connectivity index (χ0) is 17.5. The van der Waals surface area contributed by atoms with Gasteiger partial charge in [0.15, 0.2) is 5.96 Å². The zero-order valence-corrected chi connectivity index (χ0v) is 13.8. The highest BCUT2D eigenvalue weighted by Gasteiger charge is 2.31. The molecule has 0 aliphatic carbocycles. The number of guanidine groups is 1. The maximum absolute atomic E-state index is 12.3. The highest BCUT2D eigenvalue weighted by atomic mass is 19.4. The summed E-state index contributed by atoms with van der Waals surface area (Å²) in [6.45, 7) is 3.15. The number of aliphatic imine (C=N–C) groups is 1. The van der Waals surface area contributed by atoms with Crippen molar-refractivity contribution in [3.8, 4) is 0 Å². The summed E-state index contributed by atoms with van der Waals surface area (Å²) in [6, 6.07) is 0. The molecule has 6 nitrogen and oxygen atoms in total. The van der Waals surface area contributed by atoms with Crippen molar-refractivity contribution in [3.63, 3.8) is 0 Å². The lowest BCUT2D eigenvalue weighted by molar-refractivity contribution is -0.157. The average Bonchev–Trinajstić information content (AvgIpc) is 2.90. The molecule has 1 saturated heterocycles. The fourth-order valence-corrected chi connectivity index (χ4v) is 2.44. The first kappa shape index (κ1) is 19.5. The van der Waals surface area contributed by atoms with Gasteiger partial charge in [0.25, 0.3) is 0 Å². The minimum Gasteiger partial charge on any atom is -0.384 e. The summed E-state index contributed by atoms with van der Waals surface area (Å²) in [5.41, 5.74) is 0. The summed E-state index contributed by atoms with van der Waals surface area (Å²) in [5.74, 6) is 0.290. The Morgan fingerprint density at radius 3 is 2.74 bits per heavy atom. The van der Waals surface area contributed by atoms with E-state index in [0.717, 1.165) is 26.6 Å². The van der Waals surface area contributed by atoms with Gasteiger partial charge in [0.05, 0.1) is 6.61 Å². The summed E-state index contributed by atoms with van der Waals surface area (Å²) < 4.78 is 42.0. The van der Waals surface area contributed by atoms with E-state index in [1.807, 2.05) is 11.8 Å². The molecular formula is C14H25F3N4O2. The Labute approximate surface area is 134 Å². The van der Waals surface area contributed by atoms with Gasteiger partial charge in [-0.05, 0) is 13.3 Å².